The second kappa shape index (κ2) is 8.70. The third-order valence-corrected chi connectivity index (χ3v) is 6.90. The first-order chi connectivity index (χ1) is 14.0. The first-order valence-corrected chi connectivity index (χ1v) is 11.2. The molecule has 0 saturated carbocycles. The van der Waals surface area contributed by atoms with Crippen LogP contribution < -0.4 is 0 Å². The molecule has 2 aromatic carbocycles. The van der Waals surface area contributed by atoms with Gasteiger partial charge in [0.2, 0.25) is 5.91 Å². The van der Waals surface area contributed by atoms with Crippen molar-refractivity contribution in [1.29, 1.82) is 0 Å². The fourth-order valence-corrected chi connectivity index (χ4v) is 4.94. The summed E-state index contributed by atoms with van der Waals surface area (Å²) in [5, 5.41) is 0. The predicted octanol–water partition coefficient (Wildman–Crippen LogP) is 4.84. The summed E-state index contributed by atoms with van der Waals surface area (Å²) in [5.74, 6) is 0.281. The van der Waals surface area contributed by atoms with Crippen LogP contribution in [-0.4, -0.2) is 41.8 Å². The third-order valence-electron chi connectivity index (χ3n) is 6.38. The molecule has 5 heteroatoms. The molecule has 0 bridgehead atoms. The highest BCUT2D eigenvalue weighted by atomic mass is 79.9. The number of rotatable bonds is 3. The van der Waals surface area contributed by atoms with Crippen molar-refractivity contribution < 1.29 is 9.59 Å². The molecule has 152 valence electrons. The van der Waals surface area contributed by atoms with E-state index in [9.17, 15) is 9.59 Å². The molecule has 2 aliphatic rings. The quantitative estimate of drug-likeness (QED) is 0.665. The van der Waals surface area contributed by atoms with Crippen LogP contribution in [0.15, 0.2) is 53.0 Å². The Morgan fingerprint density at radius 3 is 2.41 bits per heavy atom. The topological polar surface area (TPSA) is 40.6 Å². The molecule has 1 heterocycles. The summed E-state index contributed by atoms with van der Waals surface area (Å²) < 4.78 is 0.964. The van der Waals surface area contributed by atoms with Gasteiger partial charge in [0, 0.05) is 36.1 Å². The largest absolute Gasteiger partial charge is 0.339 e. The molecule has 1 aliphatic carbocycles. The zero-order chi connectivity index (χ0) is 20.4. The van der Waals surface area contributed by atoms with Crippen LogP contribution in [0.25, 0.3) is 0 Å². The summed E-state index contributed by atoms with van der Waals surface area (Å²) in [4.78, 5) is 29.8. The minimum atomic E-state index is 0.00283. The molecule has 2 aromatic rings. The molecule has 0 spiro atoms. The molecule has 29 heavy (non-hydrogen) atoms. The van der Waals surface area contributed by atoms with Gasteiger partial charge in [-0.3, -0.25) is 9.59 Å². The fourth-order valence-electron chi connectivity index (χ4n) is 4.68. The Morgan fingerprint density at radius 1 is 1.00 bits per heavy atom. The SMILES string of the molecule is CN(C(=O)C1CCN(C(=O)c2ccc(Br)cc2)CC1)C1CCCc2ccccc21. The maximum Gasteiger partial charge on any atom is 0.253 e. The average molecular weight is 455 g/mol. The Hall–Kier alpha value is -2.14. The first-order valence-electron chi connectivity index (χ1n) is 10.4. The average Bonchev–Trinajstić information content (AvgIpc) is 2.78. The number of fused-ring (bicyclic) bond motifs is 1. The van der Waals surface area contributed by atoms with E-state index in [1.807, 2.05) is 41.1 Å². The Bertz CT molecular complexity index is 888. The van der Waals surface area contributed by atoms with Gasteiger partial charge in [-0.2, -0.15) is 0 Å². The van der Waals surface area contributed by atoms with E-state index in [4.69, 9.17) is 0 Å². The number of hydrogen-bond donors (Lipinski definition) is 0. The Morgan fingerprint density at radius 2 is 1.69 bits per heavy atom. The van der Waals surface area contributed by atoms with E-state index in [1.54, 1.807) is 0 Å². The molecular formula is C24H27BrN2O2. The van der Waals surface area contributed by atoms with Crippen molar-refractivity contribution in [2.45, 2.75) is 38.1 Å². The molecule has 1 fully saturated rings. The zero-order valence-corrected chi connectivity index (χ0v) is 18.4. The maximum atomic E-state index is 13.2. The highest BCUT2D eigenvalue weighted by Crippen LogP contribution is 2.35. The van der Waals surface area contributed by atoms with Gasteiger partial charge in [0.15, 0.2) is 0 Å². The first kappa shape index (κ1) is 20.1. The molecule has 1 unspecified atom stereocenters. The van der Waals surface area contributed by atoms with Crippen LogP contribution in [0.5, 0.6) is 0 Å². The van der Waals surface area contributed by atoms with Crippen LogP contribution in [0.1, 0.15) is 53.2 Å². The molecular weight excluding hydrogens is 428 g/mol. The summed E-state index contributed by atoms with van der Waals surface area (Å²) in [5.41, 5.74) is 3.38. The number of aryl methyl sites for hydroxylation is 1. The molecule has 0 radical (unpaired) electrons. The van der Waals surface area contributed by atoms with Crippen LogP contribution in [0.3, 0.4) is 0 Å². The number of benzene rings is 2. The van der Waals surface area contributed by atoms with Crippen LogP contribution in [-0.2, 0) is 11.2 Å². The summed E-state index contributed by atoms with van der Waals surface area (Å²) in [6.45, 7) is 1.28. The zero-order valence-electron chi connectivity index (χ0n) is 16.8. The number of halogens is 1. The smallest absolute Gasteiger partial charge is 0.253 e. The molecule has 4 nitrogen and oxygen atoms in total. The molecule has 2 amide bonds. The lowest BCUT2D eigenvalue weighted by molar-refractivity contribution is -0.138. The number of nitrogens with zero attached hydrogens (tertiary/aromatic N) is 2. The van der Waals surface area contributed by atoms with E-state index in [-0.39, 0.29) is 23.8 Å². The van der Waals surface area contributed by atoms with Gasteiger partial charge in [-0.05, 0) is 67.5 Å². The molecule has 0 aromatic heterocycles. The Labute approximate surface area is 181 Å². The van der Waals surface area contributed by atoms with Crippen molar-refractivity contribution in [2.24, 2.45) is 5.92 Å². The lowest BCUT2D eigenvalue weighted by Crippen LogP contribution is -2.44. The van der Waals surface area contributed by atoms with Crippen LogP contribution in [0.4, 0.5) is 0 Å². The van der Waals surface area contributed by atoms with Gasteiger partial charge in [-0.25, -0.2) is 0 Å². The number of carbonyl (C=O) groups is 2. The Balaban J connectivity index is 1.38. The molecule has 1 atom stereocenters. The summed E-state index contributed by atoms with van der Waals surface area (Å²) in [6, 6.07) is 16.2. The fraction of sp³-hybridized carbons (Fsp3) is 0.417. The lowest BCUT2D eigenvalue weighted by Gasteiger charge is -2.38. The second-order valence-electron chi connectivity index (χ2n) is 8.13. The molecule has 0 N–H and O–H groups in total. The van der Waals surface area contributed by atoms with E-state index >= 15 is 0 Å². The lowest BCUT2D eigenvalue weighted by atomic mass is 9.86. The summed E-state index contributed by atoms with van der Waals surface area (Å²) in [6.07, 6.45) is 4.73. The minimum Gasteiger partial charge on any atom is -0.339 e. The number of carbonyl (C=O) groups excluding carboxylic acids is 2. The van der Waals surface area contributed by atoms with Gasteiger partial charge >= 0.3 is 0 Å². The molecule has 1 aliphatic heterocycles. The minimum absolute atomic E-state index is 0.00283. The standard InChI is InChI=1S/C24H27BrN2O2/c1-26(22-8-4-6-17-5-2-3-7-21(17)22)23(28)19-13-15-27(16-14-19)24(29)18-9-11-20(25)12-10-18/h2-3,5,7,9-12,19,22H,4,6,8,13-16H2,1H3. The maximum absolute atomic E-state index is 13.2. The van der Waals surface area contributed by atoms with Gasteiger partial charge in [0.25, 0.3) is 5.91 Å². The monoisotopic (exact) mass is 454 g/mol. The van der Waals surface area contributed by atoms with Crippen molar-refractivity contribution in [3.8, 4) is 0 Å². The van der Waals surface area contributed by atoms with E-state index < -0.39 is 0 Å². The highest BCUT2D eigenvalue weighted by Gasteiger charge is 2.33. The van der Waals surface area contributed by atoms with Gasteiger partial charge in [-0.15, -0.1) is 0 Å². The number of likely N-dealkylation sites (tertiary alicyclic amines) is 1. The Kier molecular flexibility index (Phi) is 6.04. The third kappa shape index (κ3) is 4.25. The van der Waals surface area contributed by atoms with Crippen molar-refractivity contribution in [2.75, 3.05) is 20.1 Å². The normalized spacial score (nSPS) is 19.5. The number of piperidine rings is 1. The van der Waals surface area contributed by atoms with Crippen LogP contribution in [0.2, 0.25) is 0 Å². The predicted molar refractivity (Wildman–Crippen MR) is 118 cm³/mol. The van der Waals surface area contributed by atoms with Gasteiger partial charge < -0.3 is 9.80 Å². The van der Waals surface area contributed by atoms with E-state index in [2.05, 4.69) is 40.2 Å². The summed E-state index contributed by atoms with van der Waals surface area (Å²) in [7, 11) is 1.95. The highest BCUT2D eigenvalue weighted by molar-refractivity contribution is 9.10. The van der Waals surface area contributed by atoms with Crippen molar-refractivity contribution in [3.05, 3.63) is 69.7 Å². The van der Waals surface area contributed by atoms with Gasteiger partial charge in [0.05, 0.1) is 6.04 Å². The summed E-state index contributed by atoms with van der Waals surface area (Å²) >= 11 is 3.40. The van der Waals surface area contributed by atoms with E-state index in [0.29, 0.717) is 18.7 Å². The molecule has 4 rings (SSSR count). The second-order valence-corrected chi connectivity index (χ2v) is 9.05. The van der Waals surface area contributed by atoms with Gasteiger partial charge in [0.1, 0.15) is 0 Å². The van der Waals surface area contributed by atoms with Crippen molar-refractivity contribution >= 4 is 27.7 Å². The van der Waals surface area contributed by atoms with Gasteiger partial charge in [-0.1, -0.05) is 40.2 Å². The van der Waals surface area contributed by atoms with Crippen LogP contribution in [0, 0.1) is 5.92 Å². The molecule has 1 saturated heterocycles. The number of hydrogen-bond acceptors (Lipinski definition) is 2. The van der Waals surface area contributed by atoms with E-state index in [0.717, 1.165) is 36.6 Å². The van der Waals surface area contributed by atoms with Crippen molar-refractivity contribution in [1.82, 2.24) is 9.80 Å². The van der Waals surface area contributed by atoms with Crippen LogP contribution >= 0.6 is 15.9 Å². The van der Waals surface area contributed by atoms with Crippen molar-refractivity contribution in [3.63, 3.8) is 0 Å². The number of amides is 2. The van der Waals surface area contributed by atoms with E-state index in [1.165, 1.54) is 11.1 Å².